The lowest BCUT2D eigenvalue weighted by Gasteiger charge is -2.26. The Morgan fingerprint density at radius 2 is 1.61 bits per heavy atom. The van der Waals surface area contributed by atoms with Gasteiger partial charge in [-0.15, -0.1) is 0 Å². The van der Waals surface area contributed by atoms with Crippen LogP contribution < -0.4 is 21.7 Å². The number of nitrogens with one attached hydrogen (secondary N) is 3. The van der Waals surface area contributed by atoms with E-state index in [-0.39, 0.29) is 6.42 Å². The first-order valence-corrected chi connectivity index (χ1v) is 11.7. The molecule has 0 saturated heterocycles. The molecule has 1 aromatic rings. The predicted octanol–water partition coefficient (Wildman–Crippen LogP) is -1.78. The largest absolute Gasteiger partial charge is 0.480 e. The van der Waals surface area contributed by atoms with E-state index < -0.39 is 60.6 Å². The number of hydrogen-bond acceptors (Lipinski definition) is 8. The van der Waals surface area contributed by atoms with Crippen molar-refractivity contribution in [2.24, 2.45) is 5.73 Å². The number of carbonyl (C=O) groups excluding carboxylic acids is 3. The molecule has 11 nitrogen and oxygen atoms in total. The smallest absolute Gasteiger partial charge is 0.328 e. The Morgan fingerprint density at radius 1 is 1.00 bits per heavy atom. The van der Waals surface area contributed by atoms with Crippen molar-refractivity contribution >= 4 is 35.5 Å². The average molecular weight is 485 g/mol. The average Bonchev–Trinajstić information content (AvgIpc) is 2.78. The van der Waals surface area contributed by atoms with Crippen molar-refractivity contribution < 1.29 is 34.5 Å². The molecule has 0 aromatic heterocycles. The third-order valence-electron chi connectivity index (χ3n) is 4.75. The van der Waals surface area contributed by atoms with Gasteiger partial charge in [-0.2, -0.15) is 11.8 Å². The Hall–Kier alpha value is -2.67. The highest BCUT2D eigenvalue weighted by Crippen LogP contribution is 2.06. The van der Waals surface area contributed by atoms with Crippen LogP contribution in [0.2, 0.25) is 0 Å². The van der Waals surface area contributed by atoms with E-state index in [1.807, 2.05) is 6.26 Å². The van der Waals surface area contributed by atoms with Crippen LogP contribution in [0.1, 0.15) is 18.9 Å². The van der Waals surface area contributed by atoms with Gasteiger partial charge in [0.1, 0.15) is 18.1 Å². The number of thioether (sulfide) groups is 1. The normalized spacial score (nSPS) is 15.4. The van der Waals surface area contributed by atoms with Crippen molar-refractivity contribution in [1.29, 1.82) is 0 Å². The summed E-state index contributed by atoms with van der Waals surface area (Å²) >= 11 is 1.53. The summed E-state index contributed by atoms with van der Waals surface area (Å²) in [7, 11) is 0. The van der Waals surface area contributed by atoms with Gasteiger partial charge in [0.25, 0.3) is 0 Å². The first-order valence-electron chi connectivity index (χ1n) is 10.3. The number of carboxylic acids is 1. The number of carboxylic acid groups (broad SMARTS) is 1. The van der Waals surface area contributed by atoms with Gasteiger partial charge in [0, 0.05) is 6.42 Å². The molecule has 0 heterocycles. The van der Waals surface area contributed by atoms with Crippen molar-refractivity contribution in [3.63, 3.8) is 0 Å². The van der Waals surface area contributed by atoms with Crippen molar-refractivity contribution in [3.05, 3.63) is 35.9 Å². The summed E-state index contributed by atoms with van der Waals surface area (Å²) in [6.07, 6.45) is 0.988. The highest BCUT2D eigenvalue weighted by atomic mass is 32.2. The first-order chi connectivity index (χ1) is 15.6. The summed E-state index contributed by atoms with van der Waals surface area (Å²) in [5, 5.41) is 35.1. The number of aliphatic hydroxyl groups excluding tert-OH is 2. The minimum absolute atomic E-state index is 0.0935. The van der Waals surface area contributed by atoms with Crippen molar-refractivity contribution in [1.82, 2.24) is 16.0 Å². The lowest BCUT2D eigenvalue weighted by atomic mass is 10.0. The molecule has 184 valence electrons. The molecule has 12 heteroatoms. The SMILES string of the molecule is CSCCC(N)C(=O)NC(Cc1ccccc1)C(=O)NC(C(=O)NC(CO)C(=O)O)C(C)O. The summed E-state index contributed by atoms with van der Waals surface area (Å²) in [6.45, 7) is 0.366. The second-order valence-corrected chi connectivity index (χ2v) is 8.43. The number of amides is 3. The van der Waals surface area contributed by atoms with Gasteiger partial charge in [-0.3, -0.25) is 14.4 Å². The minimum atomic E-state index is -1.61. The monoisotopic (exact) mass is 484 g/mol. The van der Waals surface area contributed by atoms with E-state index in [1.54, 1.807) is 30.3 Å². The maximum Gasteiger partial charge on any atom is 0.328 e. The van der Waals surface area contributed by atoms with E-state index in [4.69, 9.17) is 15.9 Å². The predicted molar refractivity (Wildman–Crippen MR) is 123 cm³/mol. The third kappa shape index (κ3) is 9.78. The van der Waals surface area contributed by atoms with Gasteiger partial charge in [-0.05, 0) is 30.9 Å². The van der Waals surface area contributed by atoms with Gasteiger partial charge in [0.05, 0.1) is 18.8 Å². The van der Waals surface area contributed by atoms with Gasteiger partial charge in [-0.25, -0.2) is 4.79 Å². The topological polar surface area (TPSA) is 191 Å². The van der Waals surface area contributed by atoms with E-state index in [0.29, 0.717) is 12.2 Å². The van der Waals surface area contributed by atoms with Crippen LogP contribution in [0.15, 0.2) is 30.3 Å². The molecule has 1 rings (SSSR count). The lowest BCUT2D eigenvalue weighted by Crippen LogP contribution is -2.60. The molecule has 5 atom stereocenters. The summed E-state index contributed by atoms with van der Waals surface area (Å²) in [4.78, 5) is 49.0. The molecule has 0 bridgehead atoms. The zero-order chi connectivity index (χ0) is 25.0. The van der Waals surface area contributed by atoms with E-state index in [1.165, 1.54) is 18.7 Å². The molecule has 3 amide bonds. The summed E-state index contributed by atoms with van der Waals surface area (Å²) in [5.74, 6) is -3.12. The summed E-state index contributed by atoms with van der Waals surface area (Å²) in [5.41, 5.74) is 6.64. The number of rotatable bonds is 14. The van der Waals surface area contributed by atoms with Gasteiger partial charge in [0.2, 0.25) is 17.7 Å². The van der Waals surface area contributed by atoms with Gasteiger partial charge < -0.3 is 37.0 Å². The number of hydrogen-bond donors (Lipinski definition) is 7. The number of nitrogens with two attached hydrogens (primary N) is 1. The molecule has 0 fully saturated rings. The van der Waals surface area contributed by atoms with Crippen molar-refractivity contribution in [2.45, 2.75) is 50.0 Å². The van der Waals surface area contributed by atoms with Crippen LogP contribution in [-0.2, 0) is 25.6 Å². The highest BCUT2D eigenvalue weighted by Gasteiger charge is 2.32. The standard InChI is InChI=1S/C21H32N4O7S/c1-12(27)17(20(30)24-16(11-26)21(31)32)25-19(29)15(10-13-6-4-3-5-7-13)23-18(28)14(22)8-9-33-2/h3-7,12,14-17,26-27H,8-11,22H2,1-2H3,(H,23,28)(H,24,30)(H,25,29)(H,31,32). The minimum Gasteiger partial charge on any atom is -0.480 e. The van der Waals surface area contributed by atoms with E-state index in [9.17, 15) is 24.3 Å². The van der Waals surface area contributed by atoms with Crippen LogP contribution in [0.25, 0.3) is 0 Å². The zero-order valence-corrected chi connectivity index (χ0v) is 19.4. The van der Waals surface area contributed by atoms with Crippen LogP contribution in [0.5, 0.6) is 0 Å². The fraction of sp³-hybridized carbons (Fsp3) is 0.524. The zero-order valence-electron chi connectivity index (χ0n) is 18.6. The summed E-state index contributed by atoms with van der Waals surface area (Å²) < 4.78 is 0. The quantitative estimate of drug-likeness (QED) is 0.160. The Labute approximate surface area is 196 Å². The second-order valence-electron chi connectivity index (χ2n) is 7.45. The molecule has 5 unspecified atom stereocenters. The molecule has 0 saturated carbocycles. The third-order valence-corrected chi connectivity index (χ3v) is 5.39. The molecule has 33 heavy (non-hydrogen) atoms. The second kappa shape index (κ2) is 14.5. The number of aliphatic carboxylic acids is 1. The van der Waals surface area contributed by atoms with Crippen LogP contribution in [0.3, 0.4) is 0 Å². The summed E-state index contributed by atoms with van der Waals surface area (Å²) in [6, 6.07) is 3.78. The Kier molecular flexibility index (Phi) is 12.4. The van der Waals surface area contributed by atoms with Crippen LogP contribution >= 0.6 is 11.8 Å². The Balaban J connectivity index is 3.01. The highest BCUT2D eigenvalue weighted by molar-refractivity contribution is 7.98. The van der Waals surface area contributed by atoms with Gasteiger partial charge in [-0.1, -0.05) is 30.3 Å². The fourth-order valence-corrected chi connectivity index (χ4v) is 3.31. The molecule has 0 radical (unpaired) electrons. The van der Waals surface area contributed by atoms with Crippen molar-refractivity contribution in [3.8, 4) is 0 Å². The molecule has 0 aliphatic rings. The van der Waals surface area contributed by atoms with Crippen molar-refractivity contribution in [2.75, 3.05) is 18.6 Å². The molecule has 0 aliphatic heterocycles. The first kappa shape index (κ1) is 28.4. The molecule has 8 N–H and O–H groups in total. The Bertz CT molecular complexity index is 794. The van der Waals surface area contributed by atoms with Crippen LogP contribution in [-0.4, -0.2) is 87.9 Å². The number of benzene rings is 1. The molecule has 0 aliphatic carbocycles. The maximum atomic E-state index is 13.0. The van der Waals surface area contributed by atoms with E-state index >= 15 is 0 Å². The molecular weight excluding hydrogens is 452 g/mol. The molecule has 0 spiro atoms. The van der Waals surface area contributed by atoms with Gasteiger partial charge >= 0.3 is 5.97 Å². The maximum absolute atomic E-state index is 13.0. The van der Waals surface area contributed by atoms with E-state index in [2.05, 4.69) is 16.0 Å². The number of carbonyl (C=O) groups is 4. The Morgan fingerprint density at radius 3 is 2.12 bits per heavy atom. The van der Waals surface area contributed by atoms with Crippen LogP contribution in [0, 0.1) is 0 Å². The fourth-order valence-electron chi connectivity index (χ4n) is 2.82. The van der Waals surface area contributed by atoms with Crippen LogP contribution in [0.4, 0.5) is 0 Å². The van der Waals surface area contributed by atoms with Gasteiger partial charge in [0.15, 0.2) is 0 Å². The van der Waals surface area contributed by atoms with E-state index in [0.717, 1.165) is 5.56 Å². The lowest BCUT2D eigenvalue weighted by molar-refractivity contribution is -0.144. The molecular formula is C21H32N4O7S. The number of aliphatic hydroxyl groups is 2. The molecule has 1 aromatic carbocycles.